The lowest BCUT2D eigenvalue weighted by Crippen LogP contribution is -2.40. The minimum Gasteiger partial charge on any atom is -0.496 e. The molecule has 1 aliphatic heterocycles. The van der Waals surface area contributed by atoms with E-state index in [9.17, 15) is 0 Å². The smallest absolute Gasteiger partial charge is 0.122 e. The van der Waals surface area contributed by atoms with Crippen molar-refractivity contribution in [2.24, 2.45) is 5.92 Å². The molecule has 2 rings (SSSR count). The van der Waals surface area contributed by atoms with E-state index in [1.54, 1.807) is 7.11 Å². The van der Waals surface area contributed by atoms with Gasteiger partial charge in [0.15, 0.2) is 0 Å². The van der Waals surface area contributed by atoms with Gasteiger partial charge in [0, 0.05) is 5.56 Å². The molecule has 1 N–H and O–H groups in total. The number of hydrogen-bond donors (Lipinski definition) is 1. The predicted octanol–water partition coefficient (Wildman–Crippen LogP) is 2.97. The summed E-state index contributed by atoms with van der Waals surface area (Å²) in [5.41, 5.74) is 1.50. The van der Waals surface area contributed by atoms with E-state index in [4.69, 9.17) is 4.74 Å². The Morgan fingerprint density at radius 1 is 1.29 bits per heavy atom. The van der Waals surface area contributed by atoms with Crippen LogP contribution in [0.4, 0.5) is 0 Å². The molecule has 1 aliphatic rings. The number of piperidine rings is 1. The predicted molar refractivity (Wildman–Crippen MR) is 71.6 cm³/mol. The summed E-state index contributed by atoms with van der Waals surface area (Å²) in [5.74, 6) is 1.70. The molecule has 2 nitrogen and oxygen atoms in total. The molecule has 0 aromatic heterocycles. The van der Waals surface area contributed by atoms with Crippen LogP contribution in [0.15, 0.2) is 24.3 Å². The summed E-state index contributed by atoms with van der Waals surface area (Å²) in [5, 5.41) is 3.51. The minimum absolute atomic E-state index is 0.167. The topological polar surface area (TPSA) is 21.3 Å². The first-order valence-corrected chi connectivity index (χ1v) is 6.50. The monoisotopic (exact) mass is 233 g/mol. The quantitative estimate of drug-likeness (QED) is 0.866. The van der Waals surface area contributed by atoms with Crippen molar-refractivity contribution in [3.8, 4) is 5.75 Å². The lowest BCUT2D eigenvalue weighted by atomic mass is 9.70. The highest BCUT2D eigenvalue weighted by molar-refractivity contribution is 5.39. The molecule has 1 fully saturated rings. The highest BCUT2D eigenvalue weighted by atomic mass is 16.5. The molecule has 0 radical (unpaired) electrons. The summed E-state index contributed by atoms with van der Waals surface area (Å²) in [4.78, 5) is 0. The standard InChI is InChI=1S/C15H23NO/c1-15(2,12-7-6-10-16-11-12)13-8-4-5-9-14(13)17-3/h4-5,8-9,12,16H,6-7,10-11H2,1-3H3. The zero-order valence-electron chi connectivity index (χ0n) is 11.1. The second-order valence-electron chi connectivity index (χ2n) is 5.47. The fourth-order valence-corrected chi connectivity index (χ4v) is 2.86. The van der Waals surface area contributed by atoms with Crippen LogP contribution >= 0.6 is 0 Å². The summed E-state index contributed by atoms with van der Waals surface area (Å²) in [7, 11) is 1.76. The molecular formula is C15H23NO. The van der Waals surface area contributed by atoms with Gasteiger partial charge in [0.1, 0.15) is 5.75 Å². The number of hydrogen-bond acceptors (Lipinski definition) is 2. The fourth-order valence-electron chi connectivity index (χ4n) is 2.86. The molecule has 17 heavy (non-hydrogen) atoms. The lowest BCUT2D eigenvalue weighted by molar-refractivity contribution is 0.245. The molecular weight excluding hydrogens is 210 g/mol. The maximum atomic E-state index is 5.50. The summed E-state index contributed by atoms with van der Waals surface area (Å²) in [6.45, 7) is 6.95. The second kappa shape index (κ2) is 5.09. The van der Waals surface area contributed by atoms with Gasteiger partial charge in [0.05, 0.1) is 7.11 Å². The summed E-state index contributed by atoms with van der Waals surface area (Å²) in [6.07, 6.45) is 2.58. The number of methoxy groups -OCH3 is 1. The van der Waals surface area contributed by atoms with Crippen molar-refractivity contribution in [1.82, 2.24) is 5.32 Å². The van der Waals surface area contributed by atoms with E-state index >= 15 is 0 Å². The summed E-state index contributed by atoms with van der Waals surface area (Å²) in [6, 6.07) is 8.41. The first-order chi connectivity index (χ1) is 8.16. The van der Waals surface area contributed by atoms with Crippen LogP contribution in [-0.4, -0.2) is 20.2 Å². The second-order valence-corrected chi connectivity index (χ2v) is 5.47. The van der Waals surface area contributed by atoms with Crippen LogP contribution in [0, 0.1) is 5.92 Å². The van der Waals surface area contributed by atoms with Gasteiger partial charge in [-0.05, 0) is 43.3 Å². The van der Waals surface area contributed by atoms with Crippen molar-refractivity contribution < 1.29 is 4.74 Å². The molecule has 1 atom stereocenters. The van der Waals surface area contributed by atoms with Gasteiger partial charge in [0.2, 0.25) is 0 Å². The molecule has 2 heteroatoms. The van der Waals surface area contributed by atoms with E-state index in [2.05, 4.69) is 37.4 Å². The van der Waals surface area contributed by atoms with Crippen molar-refractivity contribution in [3.05, 3.63) is 29.8 Å². The van der Waals surface area contributed by atoms with Gasteiger partial charge in [-0.3, -0.25) is 0 Å². The molecule has 1 saturated heterocycles. The van der Waals surface area contributed by atoms with E-state index in [0.717, 1.165) is 12.3 Å². The summed E-state index contributed by atoms with van der Waals surface area (Å²) >= 11 is 0. The van der Waals surface area contributed by atoms with E-state index in [1.807, 2.05) is 6.07 Å². The van der Waals surface area contributed by atoms with Crippen LogP contribution in [-0.2, 0) is 5.41 Å². The average Bonchev–Trinajstić information content (AvgIpc) is 2.39. The maximum Gasteiger partial charge on any atom is 0.122 e. The van der Waals surface area contributed by atoms with Crippen LogP contribution in [0.2, 0.25) is 0 Å². The maximum absolute atomic E-state index is 5.50. The molecule has 1 aromatic rings. The van der Waals surface area contributed by atoms with Gasteiger partial charge in [0.25, 0.3) is 0 Å². The Labute approximate surface area is 104 Å². The van der Waals surface area contributed by atoms with Crippen molar-refractivity contribution >= 4 is 0 Å². The molecule has 94 valence electrons. The van der Waals surface area contributed by atoms with Crippen molar-refractivity contribution in [1.29, 1.82) is 0 Å². The van der Waals surface area contributed by atoms with E-state index in [-0.39, 0.29) is 5.41 Å². The molecule has 0 amide bonds. The van der Waals surface area contributed by atoms with Crippen molar-refractivity contribution in [2.45, 2.75) is 32.1 Å². The molecule has 1 heterocycles. The van der Waals surface area contributed by atoms with Gasteiger partial charge in [-0.15, -0.1) is 0 Å². The first kappa shape index (κ1) is 12.4. The molecule has 0 bridgehead atoms. The lowest BCUT2D eigenvalue weighted by Gasteiger charge is -2.38. The van der Waals surface area contributed by atoms with E-state index in [0.29, 0.717) is 5.92 Å². The van der Waals surface area contributed by atoms with Gasteiger partial charge in [-0.25, -0.2) is 0 Å². The summed E-state index contributed by atoms with van der Waals surface area (Å²) < 4.78 is 5.50. The van der Waals surface area contributed by atoms with Gasteiger partial charge in [-0.2, -0.15) is 0 Å². The third kappa shape index (κ3) is 2.47. The van der Waals surface area contributed by atoms with Crippen LogP contribution in [0.1, 0.15) is 32.3 Å². The molecule has 1 aromatic carbocycles. The zero-order chi connectivity index (χ0) is 12.3. The largest absolute Gasteiger partial charge is 0.496 e. The van der Waals surface area contributed by atoms with Crippen LogP contribution in [0.5, 0.6) is 5.75 Å². The zero-order valence-corrected chi connectivity index (χ0v) is 11.1. The van der Waals surface area contributed by atoms with Crippen LogP contribution < -0.4 is 10.1 Å². The number of ether oxygens (including phenoxy) is 1. The third-order valence-electron chi connectivity index (χ3n) is 4.12. The Morgan fingerprint density at radius 3 is 2.71 bits per heavy atom. The first-order valence-electron chi connectivity index (χ1n) is 6.50. The fraction of sp³-hybridized carbons (Fsp3) is 0.600. The number of nitrogens with one attached hydrogen (secondary N) is 1. The van der Waals surface area contributed by atoms with Gasteiger partial charge < -0.3 is 10.1 Å². The Kier molecular flexibility index (Phi) is 3.72. The van der Waals surface area contributed by atoms with Crippen molar-refractivity contribution in [3.63, 3.8) is 0 Å². The van der Waals surface area contributed by atoms with E-state index < -0.39 is 0 Å². The molecule has 1 unspecified atom stereocenters. The molecule has 0 saturated carbocycles. The SMILES string of the molecule is COc1ccccc1C(C)(C)C1CCCNC1. The Morgan fingerprint density at radius 2 is 2.06 bits per heavy atom. The average molecular weight is 233 g/mol. The molecule has 0 aliphatic carbocycles. The highest BCUT2D eigenvalue weighted by Crippen LogP contribution is 2.39. The van der Waals surface area contributed by atoms with Crippen LogP contribution in [0.25, 0.3) is 0 Å². The minimum atomic E-state index is 0.167. The third-order valence-corrected chi connectivity index (χ3v) is 4.12. The highest BCUT2D eigenvalue weighted by Gasteiger charge is 2.34. The Balaban J connectivity index is 2.29. The Hall–Kier alpha value is -1.02. The normalized spacial score (nSPS) is 21.2. The number of benzene rings is 1. The van der Waals surface area contributed by atoms with Gasteiger partial charge >= 0.3 is 0 Å². The molecule has 0 spiro atoms. The van der Waals surface area contributed by atoms with Crippen LogP contribution in [0.3, 0.4) is 0 Å². The van der Waals surface area contributed by atoms with E-state index in [1.165, 1.54) is 24.9 Å². The number of rotatable bonds is 3. The Bertz CT molecular complexity index is 367. The van der Waals surface area contributed by atoms with Crippen molar-refractivity contribution in [2.75, 3.05) is 20.2 Å². The number of para-hydroxylation sites is 1. The van der Waals surface area contributed by atoms with Gasteiger partial charge in [-0.1, -0.05) is 32.0 Å².